The summed E-state index contributed by atoms with van der Waals surface area (Å²) in [7, 11) is 0. The predicted octanol–water partition coefficient (Wildman–Crippen LogP) is 2.51. The largest absolute Gasteiger partial charge is 0.465 e. The van der Waals surface area contributed by atoms with E-state index in [2.05, 4.69) is 19.2 Å². The first-order valence-electron chi connectivity index (χ1n) is 7.58. The summed E-state index contributed by atoms with van der Waals surface area (Å²) in [5.41, 5.74) is -0.521. The van der Waals surface area contributed by atoms with Crippen molar-refractivity contribution in [2.24, 2.45) is 5.92 Å². The normalized spacial score (nSPS) is 26.9. The van der Waals surface area contributed by atoms with E-state index in [9.17, 15) is 4.79 Å². The molecule has 1 fully saturated rings. The molecule has 1 rings (SSSR count). The van der Waals surface area contributed by atoms with Gasteiger partial charge in [-0.2, -0.15) is 0 Å². The maximum atomic E-state index is 12.1. The van der Waals surface area contributed by atoms with Crippen LogP contribution in [0.25, 0.3) is 0 Å². The highest BCUT2D eigenvalue weighted by molar-refractivity contribution is 5.81. The highest BCUT2D eigenvalue weighted by Gasteiger charge is 2.46. The molecule has 0 saturated heterocycles. The first-order valence-corrected chi connectivity index (χ1v) is 7.58. The maximum absolute atomic E-state index is 12.1. The molecule has 1 N–H and O–H groups in total. The zero-order valence-electron chi connectivity index (χ0n) is 12.8. The Morgan fingerprint density at radius 2 is 2.16 bits per heavy atom. The zero-order chi connectivity index (χ0) is 14.3. The Balaban J connectivity index is 2.49. The van der Waals surface area contributed by atoms with Crippen LogP contribution >= 0.6 is 0 Å². The van der Waals surface area contributed by atoms with Crippen molar-refractivity contribution >= 4 is 5.97 Å². The summed E-state index contributed by atoms with van der Waals surface area (Å²) in [5.74, 6) is 0.539. The molecule has 0 radical (unpaired) electrons. The van der Waals surface area contributed by atoms with E-state index in [1.807, 2.05) is 13.8 Å². The molecule has 0 aromatic rings. The van der Waals surface area contributed by atoms with Gasteiger partial charge in [0.25, 0.3) is 0 Å². The highest BCUT2D eigenvalue weighted by Crippen LogP contribution is 2.33. The second-order valence-electron chi connectivity index (χ2n) is 5.75. The molecule has 4 heteroatoms. The third-order valence-corrected chi connectivity index (χ3v) is 3.70. The molecule has 2 unspecified atom stereocenters. The van der Waals surface area contributed by atoms with E-state index in [0.29, 0.717) is 12.5 Å². The second kappa shape index (κ2) is 7.85. The third-order valence-electron chi connectivity index (χ3n) is 3.70. The summed E-state index contributed by atoms with van der Waals surface area (Å²) in [5, 5.41) is 3.32. The van der Waals surface area contributed by atoms with Crippen molar-refractivity contribution in [3.8, 4) is 0 Å². The molecule has 0 spiro atoms. The third kappa shape index (κ3) is 4.77. The summed E-state index contributed by atoms with van der Waals surface area (Å²) in [6.45, 7) is 10.3. The minimum atomic E-state index is -0.521. The molecule has 112 valence electrons. The van der Waals surface area contributed by atoms with Crippen molar-refractivity contribution in [1.82, 2.24) is 5.32 Å². The van der Waals surface area contributed by atoms with Crippen LogP contribution in [0.15, 0.2) is 0 Å². The van der Waals surface area contributed by atoms with Gasteiger partial charge >= 0.3 is 5.97 Å². The van der Waals surface area contributed by atoms with Gasteiger partial charge in [-0.1, -0.05) is 20.8 Å². The number of rotatable bonds is 8. The van der Waals surface area contributed by atoms with Crippen LogP contribution in [-0.2, 0) is 14.3 Å². The molecule has 0 aliphatic heterocycles. The molecule has 2 atom stereocenters. The minimum absolute atomic E-state index is 0.119. The molecular weight excluding hydrogens is 242 g/mol. The van der Waals surface area contributed by atoms with Crippen molar-refractivity contribution in [3.05, 3.63) is 0 Å². The van der Waals surface area contributed by atoms with Gasteiger partial charge in [0, 0.05) is 13.0 Å². The Labute approximate surface area is 117 Å². The number of esters is 1. The number of hydrogen-bond acceptors (Lipinski definition) is 4. The van der Waals surface area contributed by atoms with Crippen LogP contribution < -0.4 is 5.32 Å². The number of carbonyl (C=O) groups is 1. The van der Waals surface area contributed by atoms with E-state index in [-0.39, 0.29) is 12.1 Å². The van der Waals surface area contributed by atoms with Gasteiger partial charge in [0.2, 0.25) is 0 Å². The average Bonchev–Trinajstić information content (AvgIpc) is 2.74. The van der Waals surface area contributed by atoms with Crippen LogP contribution in [-0.4, -0.2) is 37.4 Å². The monoisotopic (exact) mass is 271 g/mol. The van der Waals surface area contributed by atoms with Gasteiger partial charge in [-0.25, -0.2) is 0 Å². The summed E-state index contributed by atoms with van der Waals surface area (Å²) in [4.78, 5) is 12.1. The molecule has 0 heterocycles. The fourth-order valence-electron chi connectivity index (χ4n) is 2.64. The van der Waals surface area contributed by atoms with Gasteiger partial charge in [0.1, 0.15) is 5.54 Å². The van der Waals surface area contributed by atoms with Crippen molar-refractivity contribution < 1.29 is 14.3 Å². The first kappa shape index (κ1) is 16.4. The lowest BCUT2D eigenvalue weighted by molar-refractivity contribution is -0.151. The van der Waals surface area contributed by atoms with E-state index in [0.717, 1.165) is 38.8 Å². The summed E-state index contributed by atoms with van der Waals surface area (Å²) in [6.07, 6.45) is 3.74. The standard InChI is InChI=1S/C15H29NO3/c1-5-16-15(14(17)18-6-2)9-7-13(11-15)19-10-8-12(3)4/h12-13,16H,5-11H2,1-4H3. The molecule has 4 nitrogen and oxygen atoms in total. The van der Waals surface area contributed by atoms with E-state index in [4.69, 9.17) is 9.47 Å². The quantitative estimate of drug-likeness (QED) is 0.689. The van der Waals surface area contributed by atoms with Crippen LogP contribution in [0.1, 0.15) is 53.4 Å². The molecule has 1 saturated carbocycles. The van der Waals surface area contributed by atoms with Crippen LogP contribution in [0.2, 0.25) is 0 Å². The molecule has 0 aromatic heterocycles. The topological polar surface area (TPSA) is 47.6 Å². The van der Waals surface area contributed by atoms with Gasteiger partial charge in [-0.15, -0.1) is 0 Å². The maximum Gasteiger partial charge on any atom is 0.326 e. The number of nitrogens with one attached hydrogen (secondary N) is 1. The predicted molar refractivity (Wildman–Crippen MR) is 76.1 cm³/mol. The Morgan fingerprint density at radius 1 is 1.42 bits per heavy atom. The van der Waals surface area contributed by atoms with Gasteiger partial charge in [0.05, 0.1) is 12.7 Å². The van der Waals surface area contributed by atoms with Crippen LogP contribution in [0.4, 0.5) is 0 Å². The fourth-order valence-corrected chi connectivity index (χ4v) is 2.64. The van der Waals surface area contributed by atoms with Crippen LogP contribution in [0.3, 0.4) is 0 Å². The van der Waals surface area contributed by atoms with Gasteiger partial charge < -0.3 is 14.8 Å². The number of likely N-dealkylation sites (N-methyl/N-ethyl adjacent to an activating group) is 1. The lowest BCUT2D eigenvalue weighted by Crippen LogP contribution is -2.51. The van der Waals surface area contributed by atoms with Crippen molar-refractivity contribution in [2.75, 3.05) is 19.8 Å². The van der Waals surface area contributed by atoms with E-state index < -0.39 is 5.54 Å². The van der Waals surface area contributed by atoms with Crippen LogP contribution in [0, 0.1) is 5.92 Å². The number of hydrogen-bond donors (Lipinski definition) is 1. The molecule has 1 aliphatic carbocycles. The second-order valence-corrected chi connectivity index (χ2v) is 5.75. The van der Waals surface area contributed by atoms with Crippen molar-refractivity contribution in [2.45, 2.75) is 65.0 Å². The number of ether oxygens (including phenoxy) is 2. The molecule has 0 bridgehead atoms. The van der Waals surface area contributed by atoms with Gasteiger partial charge in [-0.3, -0.25) is 4.79 Å². The molecule has 19 heavy (non-hydrogen) atoms. The van der Waals surface area contributed by atoms with Crippen LogP contribution in [0.5, 0.6) is 0 Å². The highest BCUT2D eigenvalue weighted by atomic mass is 16.5. The number of carbonyl (C=O) groups excluding carboxylic acids is 1. The summed E-state index contributed by atoms with van der Waals surface area (Å²) in [6, 6.07) is 0. The van der Waals surface area contributed by atoms with Gasteiger partial charge in [0.15, 0.2) is 0 Å². The Hall–Kier alpha value is -0.610. The first-order chi connectivity index (χ1) is 9.04. The van der Waals surface area contributed by atoms with Gasteiger partial charge in [-0.05, 0) is 38.6 Å². The summed E-state index contributed by atoms with van der Waals surface area (Å²) < 4.78 is 11.1. The van der Waals surface area contributed by atoms with E-state index in [1.165, 1.54) is 0 Å². The Morgan fingerprint density at radius 3 is 2.74 bits per heavy atom. The lowest BCUT2D eigenvalue weighted by atomic mass is 9.97. The minimum Gasteiger partial charge on any atom is -0.465 e. The van der Waals surface area contributed by atoms with Crippen molar-refractivity contribution in [3.63, 3.8) is 0 Å². The van der Waals surface area contributed by atoms with E-state index >= 15 is 0 Å². The average molecular weight is 271 g/mol. The smallest absolute Gasteiger partial charge is 0.326 e. The Bertz CT molecular complexity index is 281. The molecule has 1 aliphatic rings. The SMILES string of the molecule is CCNC1(C(=O)OCC)CCC(OCCC(C)C)C1. The summed E-state index contributed by atoms with van der Waals surface area (Å²) >= 11 is 0. The fraction of sp³-hybridized carbons (Fsp3) is 0.933. The van der Waals surface area contributed by atoms with Crippen molar-refractivity contribution in [1.29, 1.82) is 0 Å². The Kier molecular flexibility index (Phi) is 6.80. The molecule has 0 aromatic carbocycles. The van der Waals surface area contributed by atoms with E-state index in [1.54, 1.807) is 0 Å². The zero-order valence-corrected chi connectivity index (χ0v) is 12.8. The molecular formula is C15H29NO3. The molecule has 0 amide bonds. The lowest BCUT2D eigenvalue weighted by Gasteiger charge is -2.27.